The fraction of sp³-hybridized carbons (Fsp3) is 0.737. The van der Waals surface area contributed by atoms with Gasteiger partial charge in [-0.3, -0.25) is 14.3 Å². The highest BCUT2D eigenvalue weighted by atomic mass is 19.3. The second-order valence-electron chi connectivity index (χ2n) is 8.07. The first-order valence-electron chi connectivity index (χ1n) is 9.71. The van der Waals surface area contributed by atoms with Crippen LogP contribution in [0.15, 0.2) is 12.3 Å². The average molecular weight is 382 g/mol. The first-order chi connectivity index (χ1) is 12.7. The fourth-order valence-corrected chi connectivity index (χ4v) is 3.71. The number of carbonyl (C=O) groups excluding carboxylic acids is 2. The van der Waals surface area contributed by atoms with E-state index in [1.807, 2.05) is 10.7 Å². The predicted molar refractivity (Wildman–Crippen MR) is 96.1 cm³/mol. The number of likely N-dealkylation sites (tertiary alicyclic amines) is 1. The van der Waals surface area contributed by atoms with E-state index in [0.29, 0.717) is 25.4 Å². The zero-order chi connectivity index (χ0) is 19.6. The summed E-state index contributed by atoms with van der Waals surface area (Å²) in [5, 5.41) is 4.32. The summed E-state index contributed by atoms with van der Waals surface area (Å²) in [6.07, 6.45) is 2.62. The van der Waals surface area contributed by atoms with Gasteiger partial charge in [-0.1, -0.05) is 13.8 Å². The zero-order valence-electron chi connectivity index (χ0n) is 16.0. The van der Waals surface area contributed by atoms with E-state index in [0.717, 1.165) is 12.1 Å². The van der Waals surface area contributed by atoms with Gasteiger partial charge in [-0.15, -0.1) is 0 Å². The van der Waals surface area contributed by atoms with E-state index in [4.69, 9.17) is 0 Å². The Bertz CT molecular complexity index is 679. The van der Waals surface area contributed by atoms with Gasteiger partial charge in [0.05, 0.1) is 24.7 Å². The van der Waals surface area contributed by atoms with E-state index in [2.05, 4.69) is 18.9 Å². The Labute approximate surface area is 158 Å². The number of alkyl halides is 2. The Hall–Kier alpha value is -1.99. The number of hydrogen-bond acceptors (Lipinski definition) is 3. The SMILES string of the molecule is CC(C)CCC(=O)N1Cc2ccnn2[C@@H](CC(=O)N2CCC(F)(F)CC2)C1. The van der Waals surface area contributed by atoms with Crippen molar-refractivity contribution in [1.82, 2.24) is 19.6 Å². The molecule has 0 aliphatic carbocycles. The highest BCUT2D eigenvalue weighted by Crippen LogP contribution is 2.29. The summed E-state index contributed by atoms with van der Waals surface area (Å²) in [5.74, 6) is -2.27. The molecule has 6 nitrogen and oxygen atoms in total. The van der Waals surface area contributed by atoms with Crippen LogP contribution in [0.4, 0.5) is 8.78 Å². The molecule has 0 N–H and O–H groups in total. The van der Waals surface area contributed by atoms with Crippen LogP contribution in [0, 0.1) is 5.92 Å². The van der Waals surface area contributed by atoms with E-state index in [9.17, 15) is 18.4 Å². The number of halogens is 2. The summed E-state index contributed by atoms with van der Waals surface area (Å²) >= 11 is 0. The van der Waals surface area contributed by atoms with Crippen LogP contribution < -0.4 is 0 Å². The molecule has 0 radical (unpaired) electrons. The second-order valence-corrected chi connectivity index (χ2v) is 8.07. The Kier molecular flexibility index (Phi) is 5.81. The number of fused-ring (bicyclic) bond motifs is 1. The van der Waals surface area contributed by atoms with Crippen molar-refractivity contribution in [3.63, 3.8) is 0 Å². The lowest BCUT2D eigenvalue weighted by molar-refractivity contribution is -0.140. The van der Waals surface area contributed by atoms with Gasteiger partial charge >= 0.3 is 0 Å². The molecule has 1 fully saturated rings. The first kappa shape index (κ1) is 19.8. The zero-order valence-corrected chi connectivity index (χ0v) is 16.0. The third-order valence-corrected chi connectivity index (χ3v) is 5.43. The van der Waals surface area contributed by atoms with E-state index < -0.39 is 5.92 Å². The molecular formula is C19H28F2N4O2. The van der Waals surface area contributed by atoms with Crippen LogP contribution in [-0.4, -0.2) is 57.0 Å². The summed E-state index contributed by atoms with van der Waals surface area (Å²) in [7, 11) is 0. The van der Waals surface area contributed by atoms with Gasteiger partial charge in [0.25, 0.3) is 5.92 Å². The smallest absolute Gasteiger partial charge is 0.251 e. The summed E-state index contributed by atoms with van der Waals surface area (Å²) in [6.45, 7) is 5.27. The topological polar surface area (TPSA) is 58.4 Å². The number of rotatable bonds is 5. The molecule has 2 amide bonds. The van der Waals surface area contributed by atoms with Crippen molar-refractivity contribution >= 4 is 11.8 Å². The van der Waals surface area contributed by atoms with Gasteiger partial charge in [0.15, 0.2) is 0 Å². The molecule has 2 aliphatic heterocycles. The van der Waals surface area contributed by atoms with Gasteiger partial charge in [0.1, 0.15) is 0 Å². The lowest BCUT2D eigenvalue weighted by Crippen LogP contribution is -2.46. The Morgan fingerprint density at radius 3 is 2.59 bits per heavy atom. The van der Waals surface area contributed by atoms with Crippen LogP contribution in [0.5, 0.6) is 0 Å². The van der Waals surface area contributed by atoms with E-state index in [1.54, 1.807) is 11.1 Å². The van der Waals surface area contributed by atoms with Crippen molar-refractivity contribution in [3.05, 3.63) is 18.0 Å². The van der Waals surface area contributed by atoms with Crippen LogP contribution in [0.25, 0.3) is 0 Å². The van der Waals surface area contributed by atoms with Crippen LogP contribution >= 0.6 is 0 Å². The van der Waals surface area contributed by atoms with Crippen molar-refractivity contribution in [1.29, 1.82) is 0 Å². The Morgan fingerprint density at radius 2 is 1.93 bits per heavy atom. The number of carbonyl (C=O) groups is 2. The van der Waals surface area contributed by atoms with E-state index in [-0.39, 0.29) is 50.2 Å². The molecule has 27 heavy (non-hydrogen) atoms. The van der Waals surface area contributed by atoms with Crippen molar-refractivity contribution in [3.8, 4) is 0 Å². The molecule has 0 spiro atoms. The largest absolute Gasteiger partial charge is 0.342 e. The van der Waals surface area contributed by atoms with Gasteiger partial charge in [0.2, 0.25) is 11.8 Å². The van der Waals surface area contributed by atoms with Crippen LogP contribution in [0.3, 0.4) is 0 Å². The van der Waals surface area contributed by atoms with Crippen molar-refractivity contribution in [2.24, 2.45) is 5.92 Å². The van der Waals surface area contributed by atoms with Crippen LogP contribution in [0.2, 0.25) is 0 Å². The number of amides is 2. The summed E-state index contributed by atoms with van der Waals surface area (Å²) < 4.78 is 28.5. The van der Waals surface area contributed by atoms with Gasteiger partial charge in [-0.2, -0.15) is 5.10 Å². The number of nitrogens with zero attached hydrogens (tertiary/aromatic N) is 4. The molecule has 1 aromatic heterocycles. The molecule has 1 saturated heterocycles. The minimum absolute atomic E-state index is 0.0849. The highest BCUT2D eigenvalue weighted by molar-refractivity contribution is 5.78. The maximum atomic E-state index is 13.3. The van der Waals surface area contributed by atoms with Gasteiger partial charge in [0, 0.05) is 45.1 Å². The standard InChI is InChI=1S/C19H28F2N4O2/c1-14(2)3-4-17(26)24-12-15-5-8-22-25(15)16(13-24)11-18(27)23-9-6-19(20,21)7-10-23/h5,8,14,16H,3-4,6-7,9-13H2,1-2H3/t16-/m0/s1. The molecule has 0 unspecified atom stereocenters. The van der Waals surface area contributed by atoms with E-state index in [1.165, 1.54) is 4.90 Å². The Morgan fingerprint density at radius 1 is 1.22 bits per heavy atom. The van der Waals surface area contributed by atoms with Gasteiger partial charge < -0.3 is 9.80 Å². The normalized spacial score (nSPS) is 22.0. The summed E-state index contributed by atoms with van der Waals surface area (Å²) in [6, 6.07) is 1.61. The van der Waals surface area contributed by atoms with Crippen LogP contribution in [-0.2, 0) is 16.1 Å². The summed E-state index contributed by atoms with van der Waals surface area (Å²) in [5.41, 5.74) is 0.905. The minimum atomic E-state index is -2.67. The molecule has 1 aromatic rings. The van der Waals surface area contributed by atoms with Crippen molar-refractivity contribution in [2.75, 3.05) is 19.6 Å². The number of piperidine rings is 1. The minimum Gasteiger partial charge on any atom is -0.342 e. The molecule has 0 saturated carbocycles. The molecule has 0 bridgehead atoms. The first-order valence-corrected chi connectivity index (χ1v) is 9.71. The maximum absolute atomic E-state index is 13.3. The Balaban J connectivity index is 1.64. The molecule has 2 aliphatic rings. The van der Waals surface area contributed by atoms with Crippen LogP contribution in [0.1, 0.15) is 57.7 Å². The van der Waals surface area contributed by atoms with Crippen molar-refractivity contribution < 1.29 is 18.4 Å². The maximum Gasteiger partial charge on any atom is 0.251 e. The number of hydrogen-bond donors (Lipinski definition) is 0. The second kappa shape index (κ2) is 7.94. The highest BCUT2D eigenvalue weighted by Gasteiger charge is 2.37. The molecule has 0 aromatic carbocycles. The van der Waals surface area contributed by atoms with Crippen molar-refractivity contribution in [2.45, 2.75) is 64.5 Å². The third-order valence-electron chi connectivity index (χ3n) is 5.43. The predicted octanol–water partition coefficient (Wildman–Crippen LogP) is 2.85. The fourth-order valence-electron chi connectivity index (χ4n) is 3.71. The molecular weight excluding hydrogens is 354 g/mol. The van der Waals surface area contributed by atoms with E-state index >= 15 is 0 Å². The quantitative estimate of drug-likeness (QED) is 0.787. The average Bonchev–Trinajstić information content (AvgIpc) is 3.08. The third kappa shape index (κ3) is 4.84. The molecule has 8 heteroatoms. The lowest BCUT2D eigenvalue weighted by atomic mass is 10.0. The summed E-state index contributed by atoms with van der Waals surface area (Å²) in [4.78, 5) is 28.5. The van der Waals surface area contributed by atoms with Gasteiger partial charge in [-0.25, -0.2) is 8.78 Å². The van der Waals surface area contributed by atoms with Gasteiger partial charge in [-0.05, 0) is 18.4 Å². The number of aromatic nitrogens is 2. The monoisotopic (exact) mass is 382 g/mol. The molecule has 1 atom stereocenters. The molecule has 3 heterocycles. The molecule has 150 valence electrons. The molecule has 3 rings (SSSR count). The lowest BCUT2D eigenvalue weighted by Gasteiger charge is -2.36.